The number of carbonyl (C=O) groups is 1. The molecule has 0 aromatic heterocycles. The molecule has 0 aliphatic carbocycles. The summed E-state index contributed by atoms with van der Waals surface area (Å²) >= 11 is 13.5. The van der Waals surface area contributed by atoms with Gasteiger partial charge in [0.1, 0.15) is 12.4 Å². The third kappa shape index (κ3) is 5.36. The quantitative estimate of drug-likeness (QED) is 0.403. The monoisotopic (exact) mass is 444 g/mol. The Morgan fingerprint density at radius 3 is 2.66 bits per heavy atom. The molecule has 7 heteroatoms. The van der Waals surface area contributed by atoms with Gasteiger partial charge in [-0.25, -0.2) is 4.99 Å². The summed E-state index contributed by atoms with van der Waals surface area (Å²) in [5.41, 5.74) is 1.54. The minimum absolute atomic E-state index is 0.0756. The molecule has 2 aromatic carbocycles. The minimum Gasteiger partial charge on any atom is -0.479 e. The van der Waals surface area contributed by atoms with Gasteiger partial charge in [0.15, 0.2) is 5.17 Å². The number of carbonyl (C=O) groups excluding carboxylic acids is 1. The Kier molecular flexibility index (Phi) is 7.27. The highest BCUT2D eigenvalue weighted by molar-refractivity contribution is 8.18. The first kappa shape index (κ1) is 21.3. The molecule has 0 radical (unpaired) electrons. The lowest BCUT2D eigenvalue weighted by atomic mass is 10.2. The number of terminal acetylenes is 1. The van der Waals surface area contributed by atoms with Crippen LogP contribution in [-0.2, 0) is 4.79 Å². The van der Waals surface area contributed by atoms with Crippen LogP contribution in [0.15, 0.2) is 52.4 Å². The number of hydrogen-bond donors (Lipinski definition) is 0. The average Bonchev–Trinajstić information content (AvgIpc) is 2.98. The second-order valence-corrected chi connectivity index (χ2v) is 7.97. The molecule has 0 N–H and O–H groups in total. The summed E-state index contributed by atoms with van der Waals surface area (Å²) in [5, 5.41) is 1.72. The molecule has 1 saturated heterocycles. The normalized spacial score (nSPS) is 16.5. The molecular weight excluding hydrogens is 427 g/mol. The van der Waals surface area contributed by atoms with E-state index in [4.69, 9.17) is 34.4 Å². The molecule has 3 rings (SSSR count). The third-order valence-electron chi connectivity index (χ3n) is 3.95. The van der Waals surface area contributed by atoms with Gasteiger partial charge in [-0.2, -0.15) is 0 Å². The van der Waals surface area contributed by atoms with Crippen molar-refractivity contribution in [2.24, 2.45) is 4.99 Å². The van der Waals surface area contributed by atoms with Gasteiger partial charge in [-0.3, -0.25) is 9.69 Å². The van der Waals surface area contributed by atoms with Gasteiger partial charge >= 0.3 is 0 Å². The maximum Gasteiger partial charge on any atom is 0.266 e. The smallest absolute Gasteiger partial charge is 0.266 e. The lowest BCUT2D eigenvalue weighted by Gasteiger charge is -2.13. The van der Waals surface area contributed by atoms with Crippen molar-refractivity contribution in [1.82, 2.24) is 4.90 Å². The first-order chi connectivity index (χ1) is 14.0. The van der Waals surface area contributed by atoms with Crippen LogP contribution in [0.4, 0.5) is 5.69 Å². The largest absolute Gasteiger partial charge is 0.479 e. The highest BCUT2D eigenvalue weighted by Crippen LogP contribution is 2.35. The fourth-order valence-corrected chi connectivity index (χ4v) is 4.03. The predicted molar refractivity (Wildman–Crippen MR) is 122 cm³/mol. The van der Waals surface area contributed by atoms with E-state index in [1.165, 1.54) is 11.8 Å². The third-order valence-corrected chi connectivity index (χ3v) is 5.51. The molecule has 29 heavy (non-hydrogen) atoms. The number of thioether (sulfide) groups is 1. The van der Waals surface area contributed by atoms with Crippen molar-refractivity contribution in [3.05, 3.63) is 63.0 Å². The molecule has 2 aromatic rings. The van der Waals surface area contributed by atoms with Crippen LogP contribution < -0.4 is 4.74 Å². The van der Waals surface area contributed by atoms with Gasteiger partial charge in [0.2, 0.25) is 0 Å². The molecule has 4 nitrogen and oxygen atoms in total. The summed E-state index contributed by atoms with van der Waals surface area (Å²) in [5.74, 6) is 2.83. The number of halogens is 2. The van der Waals surface area contributed by atoms with Crippen LogP contribution in [-0.4, -0.2) is 29.1 Å². The number of nitrogens with zero attached hydrogens (tertiary/aromatic N) is 2. The van der Waals surface area contributed by atoms with Gasteiger partial charge in [0, 0.05) is 11.6 Å². The second kappa shape index (κ2) is 9.89. The first-order valence-electron chi connectivity index (χ1n) is 8.93. The van der Waals surface area contributed by atoms with E-state index < -0.39 is 0 Å². The van der Waals surface area contributed by atoms with Crippen LogP contribution in [0.2, 0.25) is 10.0 Å². The fourth-order valence-electron chi connectivity index (χ4n) is 2.63. The Labute approximate surface area is 184 Å². The van der Waals surface area contributed by atoms with E-state index in [9.17, 15) is 4.79 Å². The zero-order valence-electron chi connectivity index (χ0n) is 15.7. The summed E-state index contributed by atoms with van der Waals surface area (Å²) in [6.07, 6.45) is 7.83. The maximum absolute atomic E-state index is 12.9. The van der Waals surface area contributed by atoms with Crippen molar-refractivity contribution < 1.29 is 9.53 Å². The molecule has 148 valence electrons. The Bertz CT molecular complexity index is 1010. The Hall–Kier alpha value is -2.39. The van der Waals surface area contributed by atoms with Gasteiger partial charge in [-0.05, 0) is 66.2 Å². The molecule has 0 bridgehead atoms. The Morgan fingerprint density at radius 2 is 2.00 bits per heavy atom. The molecule has 0 saturated carbocycles. The molecule has 1 amide bonds. The molecule has 0 atom stereocenters. The molecule has 0 unspecified atom stereocenters. The zero-order chi connectivity index (χ0) is 20.8. The van der Waals surface area contributed by atoms with Crippen molar-refractivity contribution in [2.75, 3.05) is 13.2 Å². The van der Waals surface area contributed by atoms with Crippen molar-refractivity contribution in [3.63, 3.8) is 0 Å². The summed E-state index contributed by atoms with van der Waals surface area (Å²) in [4.78, 5) is 19.8. The SMILES string of the molecule is C#CCOc1ccc(/C=C2\SC(=Nc3ccc(Cl)cc3)N(CCC)C2=O)cc1Cl. The van der Waals surface area contributed by atoms with Crippen LogP contribution in [0.3, 0.4) is 0 Å². The van der Waals surface area contributed by atoms with Crippen molar-refractivity contribution in [2.45, 2.75) is 13.3 Å². The molecule has 1 aliphatic heterocycles. The number of rotatable bonds is 6. The molecular formula is C22H18Cl2N2O2S. The number of benzene rings is 2. The summed E-state index contributed by atoms with van der Waals surface area (Å²) < 4.78 is 5.38. The molecule has 1 fully saturated rings. The van der Waals surface area contributed by atoms with E-state index in [1.54, 1.807) is 35.2 Å². The van der Waals surface area contributed by atoms with E-state index in [0.29, 0.717) is 32.4 Å². The highest BCUT2D eigenvalue weighted by Gasteiger charge is 2.32. The summed E-state index contributed by atoms with van der Waals surface area (Å²) in [6, 6.07) is 12.5. The number of amidine groups is 1. The molecule has 1 aliphatic rings. The van der Waals surface area contributed by atoms with Crippen LogP contribution in [0.25, 0.3) is 6.08 Å². The number of hydrogen-bond acceptors (Lipinski definition) is 4. The van der Waals surface area contributed by atoms with E-state index in [0.717, 1.165) is 17.7 Å². The van der Waals surface area contributed by atoms with Crippen LogP contribution in [0.1, 0.15) is 18.9 Å². The number of aliphatic imine (C=N–C) groups is 1. The van der Waals surface area contributed by atoms with E-state index in [2.05, 4.69) is 10.9 Å². The standard InChI is InChI=1S/C22H18Cl2N2O2S/c1-3-11-26-21(27)20(29-22(26)25-17-8-6-16(23)7-9-17)14-15-5-10-19(18(24)13-15)28-12-4-2/h2,5-10,13-14H,3,11-12H2,1H3/b20-14-,25-22?. The maximum atomic E-state index is 12.9. The zero-order valence-corrected chi connectivity index (χ0v) is 18.0. The number of ether oxygens (including phenoxy) is 1. The van der Waals surface area contributed by atoms with Crippen molar-refractivity contribution in [3.8, 4) is 18.1 Å². The topological polar surface area (TPSA) is 41.9 Å². The Balaban J connectivity index is 1.88. The lowest BCUT2D eigenvalue weighted by molar-refractivity contribution is -0.122. The van der Waals surface area contributed by atoms with E-state index in [1.807, 2.05) is 25.1 Å². The van der Waals surface area contributed by atoms with Gasteiger partial charge in [-0.1, -0.05) is 42.1 Å². The van der Waals surface area contributed by atoms with E-state index >= 15 is 0 Å². The first-order valence-corrected chi connectivity index (χ1v) is 10.5. The van der Waals surface area contributed by atoms with Crippen LogP contribution in [0.5, 0.6) is 5.75 Å². The lowest BCUT2D eigenvalue weighted by Crippen LogP contribution is -2.29. The average molecular weight is 445 g/mol. The van der Waals surface area contributed by atoms with Crippen molar-refractivity contribution >= 4 is 57.8 Å². The second-order valence-electron chi connectivity index (χ2n) is 6.12. The summed E-state index contributed by atoms with van der Waals surface area (Å²) in [7, 11) is 0. The van der Waals surface area contributed by atoms with Gasteiger partial charge in [0.25, 0.3) is 5.91 Å². The van der Waals surface area contributed by atoms with Crippen LogP contribution in [0, 0.1) is 12.3 Å². The highest BCUT2D eigenvalue weighted by atomic mass is 35.5. The van der Waals surface area contributed by atoms with Crippen molar-refractivity contribution in [1.29, 1.82) is 0 Å². The van der Waals surface area contributed by atoms with Gasteiger partial charge in [0.05, 0.1) is 15.6 Å². The minimum atomic E-state index is -0.0756. The molecule has 0 spiro atoms. The molecule has 1 heterocycles. The fraction of sp³-hybridized carbons (Fsp3) is 0.182. The van der Waals surface area contributed by atoms with Crippen LogP contribution >= 0.6 is 35.0 Å². The van der Waals surface area contributed by atoms with E-state index in [-0.39, 0.29) is 12.5 Å². The van der Waals surface area contributed by atoms with Gasteiger partial charge in [-0.15, -0.1) is 6.42 Å². The van der Waals surface area contributed by atoms with Gasteiger partial charge < -0.3 is 4.74 Å². The summed E-state index contributed by atoms with van der Waals surface area (Å²) in [6.45, 7) is 2.76. The Morgan fingerprint density at radius 1 is 1.24 bits per heavy atom. The number of amides is 1. The predicted octanol–water partition coefficient (Wildman–Crippen LogP) is 6.02.